The molecule has 1 N–H and O–H groups in total. The second-order valence-electron chi connectivity index (χ2n) is 5.58. The number of nitro groups is 1. The summed E-state index contributed by atoms with van der Waals surface area (Å²) in [6.07, 6.45) is -4.57. The number of nitrogens with zero attached hydrogens (tertiary/aromatic N) is 1. The quantitative estimate of drug-likeness (QED) is 0.436. The predicted molar refractivity (Wildman–Crippen MR) is 95.2 cm³/mol. The van der Waals surface area contributed by atoms with Crippen LogP contribution >= 0.6 is 11.6 Å². The Kier molecular flexibility index (Phi) is 5.10. The summed E-state index contributed by atoms with van der Waals surface area (Å²) in [5.74, 6) is -1.10. The number of carbonyl (C=O) groups excluding carboxylic acids is 1. The number of anilines is 1. The second kappa shape index (κ2) is 7.35. The maximum atomic E-state index is 12.9. The van der Waals surface area contributed by atoms with Crippen LogP contribution in [0.25, 0.3) is 11.3 Å². The van der Waals surface area contributed by atoms with Crippen molar-refractivity contribution < 1.29 is 27.3 Å². The highest BCUT2D eigenvalue weighted by atomic mass is 35.5. The van der Waals surface area contributed by atoms with Gasteiger partial charge in [0.1, 0.15) is 11.4 Å². The fourth-order valence-electron chi connectivity index (χ4n) is 2.42. The van der Waals surface area contributed by atoms with E-state index in [0.29, 0.717) is 0 Å². The summed E-state index contributed by atoms with van der Waals surface area (Å²) in [6, 6.07) is 10.7. The first-order valence-electron chi connectivity index (χ1n) is 7.68. The molecule has 0 spiro atoms. The molecule has 2 aromatic carbocycles. The summed E-state index contributed by atoms with van der Waals surface area (Å²) in [4.78, 5) is 22.6. The van der Waals surface area contributed by atoms with Crippen LogP contribution in [0.2, 0.25) is 5.02 Å². The minimum Gasteiger partial charge on any atom is -0.451 e. The summed E-state index contributed by atoms with van der Waals surface area (Å²) < 4.78 is 44.0. The van der Waals surface area contributed by atoms with Crippen LogP contribution < -0.4 is 5.32 Å². The molecule has 144 valence electrons. The van der Waals surface area contributed by atoms with Crippen LogP contribution in [0.15, 0.2) is 59.0 Å². The van der Waals surface area contributed by atoms with E-state index in [9.17, 15) is 28.1 Å². The van der Waals surface area contributed by atoms with Gasteiger partial charge in [0, 0.05) is 11.6 Å². The van der Waals surface area contributed by atoms with Crippen molar-refractivity contribution in [1.82, 2.24) is 0 Å². The molecule has 10 heteroatoms. The van der Waals surface area contributed by atoms with Gasteiger partial charge >= 0.3 is 6.18 Å². The van der Waals surface area contributed by atoms with Crippen molar-refractivity contribution in [2.75, 3.05) is 5.32 Å². The minimum atomic E-state index is -4.57. The first-order valence-corrected chi connectivity index (χ1v) is 8.06. The highest BCUT2D eigenvalue weighted by Gasteiger charge is 2.31. The van der Waals surface area contributed by atoms with E-state index in [2.05, 4.69) is 5.32 Å². The van der Waals surface area contributed by atoms with E-state index >= 15 is 0 Å². The molecule has 3 aromatic rings. The largest absolute Gasteiger partial charge is 0.451 e. The summed E-state index contributed by atoms with van der Waals surface area (Å²) in [6.45, 7) is 0. The Bertz CT molecular complexity index is 1060. The maximum Gasteiger partial charge on any atom is 0.416 e. The van der Waals surface area contributed by atoms with Gasteiger partial charge in [0.05, 0.1) is 15.5 Å². The normalized spacial score (nSPS) is 11.3. The van der Waals surface area contributed by atoms with Gasteiger partial charge in [0.25, 0.3) is 11.6 Å². The van der Waals surface area contributed by atoms with Crippen LogP contribution in [0.4, 0.5) is 24.5 Å². The van der Waals surface area contributed by atoms with Crippen molar-refractivity contribution >= 4 is 28.9 Å². The Morgan fingerprint density at radius 3 is 2.50 bits per heavy atom. The molecule has 3 rings (SSSR count). The van der Waals surface area contributed by atoms with Crippen molar-refractivity contribution in [3.63, 3.8) is 0 Å². The van der Waals surface area contributed by atoms with E-state index < -0.39 is 22.6 Å². The Morgan fingerprint density at radius 2 is 1.82 bits per heavy atom. The number of furan rings is 1. The molecule has 0 saturated carbocycles. The summed E-state index contributed by atoms with van der Waals surface area (Å²) >= 11 is 5.95. The molecule has 1 heterocycles. The highest BCUT2D eigenvalue weighted by molar-refractivity contribution is 6.33. The molecule has 28 heavy (non-hydrogen) atoms. The van der Waals surface area contributed by atoms with Crippen LogP contribution in [0, 0.1) is 10.1 Å². The van der Waals surface area contributed by atoms with Crippen molar-refractivity contribution in [2.24, 2.45) is 0 Å². The first kappa shape index (κ1) is 19.4. The third-order valence-electron chi connectivity index (χ3n) is 3.74. The Labute approximate surface area is 160 Å². The lowest BCUT2D eigenvalue weighted by atomic mass is 10.1. The number of carbonyl (C=O) groups is 1. The van der Waals surface area contributed by atoms with E-state index in [4.69, 9.17) is 16.0 Å². The Hall–Kier alpha value is -3.33. The zero-order valence-corrected chi connectivity index (χ0v) is 14.5. The van der Waals surface area contributed by atoms with E-state index in [1.54, 1.807) is 0 Å². The van der Waals surface area contributed by atoms with Crippen molar-refractivity contribution in [3.05, 3.63) is 81.1 Å². The number of rotatable bonds is 4. The molecule has 0 aliphatic heterocycles. The van der Waals surface area contributed by atoms with Crippen molar-refractivity contribution in [2.45, 2.75) is 6.18 Å². The third kappa shape index (κ3) is 3.99. The maximum absolute atomic E-state index is 12.9. The zero-order chi connectivity index (χ0) is 20.5. The molecule has 0 radical (unpaired) electrons. The van der Waals surface area contributed by atoms with Gasteiger partial charge < -0.3 is 9.73 Å². The van der Waals surface area contributed by atoms with Gasteiger partial charge in [-0.05, 0) is 36.4 Å². The smallest absolute Gasteiger partial charge is 0.416 e. The number of halogens is 4. The van der Waals surface area contributed by atoms with Crippen LogP contribution in [-0.2, 0) is 6.18 Å². The summed E-state index contributed by atoms with van der Waals surface area (Å²) in [7, 11) is 0. The highest BCUT2D eigenvalue weighted by Crippen LogP contribution is 2.36. The molecule has 0 atom stereocenters. The second-order valence-corrected chi connectivity index (χ2v) is 5.99. The number of benzene rings is 2. The van der Waals surface area contributed by atoms with Gasteiger partial charge in [-0.15, -0.1) is 0 Å². The van der Waals surface area contributed by atoms with E-state index in [-0.39, 0.29) is 33.5 Å². The Balaban J connectivity index is 1.89. The summed E-state index contributed by atoms with van der Waals surface area (Å²) in [5.41, 5.74) is -1.33. The average Bonchev–Trinajstić information content (AvgIpc) is 3.11. The lowest BCUT2D eigenvalue weighted by Crippen LogP contribution is -2.12. The number of nitro benzene ring substituents is 1. The van der Waals surface area contributed by atoms with Crippen LogP contribution in [0.3, 0.4) is 0 Å². The molecular formula is C18H10ClF3N2O4. The van der Waals surface area contributed by atoms with Gasteiger partial charge in [0.15, 0.2) is 5.76 Å². The van der Waals surface area contributed by atoms with Gasteiger partial charge in [-0.25, -0.2) is 0 Å². The molecule has 1 aromatic heterocycles. The lowest BCUT2D eigenvalue weighted by molar-refractivity contribution is -0.383. The molecular weight excluding hydrogens is 401 g/mol. The van der Waals surface area contributed by atoms with E-state index in [1.165, 1.54) is 36.4 Å². The minimum absolute atomic E-state index is 0.00741. The number of para-hydroxylation sites is 2. The van der Waals surface area contributed by atoms with E-state index in [0.717, 1.165) is 18.2 Å². The number of amides is 1. The van der Waals surface area contributed by atoms with Gasteiger partial charge in [-0.2, -0.15) is 13.2 Å². The molecule has 0 bridgehead atoms. The molecule has 0 aliphatic carbocycles. The van der Waals surface area contributed by atoms with Gasteiger partial charge in [-0.1, -0.05) is 23.7 Å². The van der Waals surface area contributed by atoms with Crippen LogP contribution in [-0.4, -0.2) is 10.8 Å². The van der Waals surface area contributed by atoms with E-state index in [1.807, 2.05) is 0 Å². The predicted octanol–water partition coefficient (Wildman–Crippen LogP) is 5.78. The standard InChI is InChI=1S/C18H10ClF3N2O4/c19-12-6-5-10(18(20,21)22)9-11(12)15-7-8-16(28-15)17(25)23-13-3-1-2-4-14(13)24(26)27/h1-9H,(H,23,25). The van der Waals surface area contributed by atoms with Gasteiger partial charge in [0.2, 0.25) is 0 Å². The number of hydrogen-bond acceptors (Lipinski definition) is 4. The SMILES string of the molecule is O=C(Nc1ccccc1[N+](=O)[O-])c1ccc(-c2cc(C(F)(F)F)ccc2Cl)o1. The Morgan fingerprint density at radius 1 is 1.11 bits per heavy atom. The zero-order valence-electron chi connectivity index (χ0n) is 13.8. The van der Waals surface area contributed by atoms with Crippen molar-refractivity contribution in [1.29, 1.82) is 0 Å². The fraction of sp³-hybridized carbons (Fsp3) is 0.0556. The van der Waals surface area contributed by atoms with Gasteiger partial charge in [-0.3, -0.25) is 14.9 Å². The molecule has 0 aliphatic rings. The molecule has 1 amide bonds. The molecule has 0 fully saturated rings. The number of hydrogen-bond donors (Lipinski definition) is 1. The first-order chi connectivity index (χ1) is 13.2. The van der Waals surface area contributed by atoms with Crippen LogP contribution in [0.5, 0.6) is 0 Å². The monoisotopic (exact) mass is 410 g/mol. The average molecular weight is 411 g/mol. The lowest BCUT2D eigenvalue weighted by Gasteiger charge is -2.09. The summed E-state index contributed by atoms with van der Waals surface area (Å²) in [5, 5.41) is 13.3. The third-order valence-corrected chi connectivity index (χ3v) is 4.07. The molecule has 6 nitrogen and oxygen atoms in total. The number of alkyl halides is 3. The molecule has 0 unspecified atom stereocenters. The number of nitrogens with one attached hydrogen (secondary N) is 1. The van der Waals surface area contributed by atoms with Crippen molar-refractivity contribution in [3.8, 4) is 11.3 Å². The molecule has 0 saturated heterocycles. The topological polar surface area (TPSA) is 85.4 Å². The van der Waals surface area contributed by atoms with Crippen LogP contribution in [0.1, 0.15) is 16.1 Å². The fourth-order valence-corrected chi connectivity index (χ4v) is 2.63.